The highest BCUT2D eigenvalue weighted by Crippen LogP contribution is 2.58. The van der Waals surface area contributed by atoms with E-state index in [0.29, 0.717) is 37.5 Å². The second-order valence-corrected chi connectivity index (χ2v) is 19.6. The topological polar surface area (TPSA) is 158 Å². The minimum absolute atomic E-state index is 0.00501. The Labute approximate surface area is 335 Å². The van der Waals surface area contributed by atoms with E-state index in [1.807, 2.05) is 19.1 Å². The van der Waals surface area contributed by atoms with Gasteiger partial charge in [-0.15, -0.1) is 0 Å². The molecule has 2 amide bonds. The Morgan fingerprint density at radius 1 is 1.10 bits per heavy atom. The van der Waals surface area contributed by atoms with Crippen LogP contribution in [0, 0.1) is 34.9 Å². The number of amides is 2. The maximum absolute atomic E-state index is 14.9. The summed E-state index contributed by atoms with van der Waals surface area (Å²) in [6, 6.07) is 3.03. The normalized spacial score (nSPS) is 29.7. The third-order valence-corrected chi connectivity index (χ3v) is 14.7. The molecule has 0 spiro atoms. The molecule has 3 heterocycles. The van der Waals surface area contributed by atoms with Gasteiger partial charge in [0, 0.05) is 24.4 Å². The zero-order chi connectivity index (χ0) is 42.6. The van der Waals surface area contributed by atoms with Gasteiger partial charge in [0.1, 0.15) is 6.10 Å². The Balaban J connectivity index is 1.36. The minimum Gasteiger partial charge on any atom is -0.494 e. The Hall–Kier alpha value is -4.28. The maximum atomic E-state index is 14.9. The number of nitrogens with zero attached hydrogens (tertiary/aromatic N) is 2. The number of rotatable bonds is 9. The molecule has 12 nitrogen and oxygen atoms in total. The second kappa shape index (κ2) is 15.7. The largest absolute Gasteiger partial charge is 0.494 e. The molecule has 2 aliphatic heterocycles. The molecule has 0 unspecified atom stereocenters. The van der Waals surface area contributed by atoms with Crippen LogP contribution in [0.4, 0.5) is 17.6 Å². The number of pyridine rings is 1. The number of alkyl halides is 3. The van der Waals surface area contributed by atoms with Crippen LogP contribution in [0.5, 0.6) is 11.6 Å². The molecular formula is C41H51F4N3O9S. The predicted molar refractivity (Wildman–Crippen MR) is 203 cm³/mol. The molecule has 318 valence electrons. The molecule has 0 bridgehead atoms. The van der Waals surface area contributed by atoms with Crippen LogP contribution in [0.2, 0.25) is 0 Å². The lowest BCUT2D eigenvalue weighted by Gasteiger charge is -2.33. The molecule has 1 aromatic heterocycles. The van der Waals surface area contributed by atoms with E-state index in [0.717, 1.165) is 13.8 Å². The average molecular weight is 838 g/mol. The highest BCUT2D eigenvalue weighted by atomic mass is 32.2. The van der Waals surface area contributed by atoms with Crippen molar-refractivity contribution in [1.82, 2.24) is 14.6 Å². The van der Waals surface area contributed by atoms with Crippen molar-refractivity contribution < 1.29 is 59.4 Å². The Morgan fingerprint density at radius 3 is 2.47 bits per heavy atom. The van der Waals surface area contributed by atoms with E-state index in [-0.39, 0.29) is 42.3 Å². The zero-order valence-electron chi connectivity index (χ0n) is 33.5. The SMILES string of the molecule is COc1cc2ccnc(O[C@@H]3C[C@H]4C(=O)C[C@]5(C(=O)NS(=O)(=O)C6(C)CC6)C[C@H]5/C=C\CC[C@@H](C)C[C@@H](C)[C@H](CC(=O)OC(C)(C)C(F)(F)F)C(=O)N4C3)c2cc1F. The smallest absolute Gasteiger partial charge is 0.427 e. The van der Waals surface area contributed by atoms with Crippen LogP contribution >= 0.6 is 0 Å². The number of ketones is 1. The van der Waals surface area contributed by atoms with Crippen molar-refractivity contribution in [1.29, 1.82) is 0 Å². The van der Waals surface area contributed by atoms with Gasteiger partial charge in [0.05, 0.1) is 42.2 Å². The Kier molecular flexibility index (Phi) is 11.7. The number of sulfonamides is 1. The fourth-order valence-corrected chi connectivity index (χ4v) is 9.54. The fraction of sp³-hybridized carbons (Fsp3) is 0.634. The molecule has 2 aliphatic carbocycles. The molecule has 1 N–H and O–H groups in total. The van der Waals surface area contributed by atoms with Crippen molar-refractivity contribution >= 4 is 44.4 Å². The van der Waals surface area contributed by atoms with Gasteiger partial charge in [-0.3, -0.25) is 23.9 Å². The van der Waals surface area contributed by atoms with Crippen LogP contribution in [0.1, 0.15) is 92.4 Å². The minimum atomic E-state index is -4.89. The van der Waals surface area contributed by atoms with Crippen LogP contribution in [0.25, 0.3) is 10.8 Å². The summed E-state index contributed by atoms with van der Waals surface area (Å²) in [7, 11) is -2.73. The quantitative estimate of drug-likeness (QED) is 0.166. The molecule has 2 aromatic rings. The van der Waals surface area contributed by atoms with Gasteiger partial charge in [0.2, 0.25) is 33.3 Å². The number of benzene rings is 1. The van der Waals surface area contributed by atoms with Crippen LogP contribution in [0.3, 0.4) is 0 Å². The van der Waals surface area contributed by atoms with E-state index in [9.17, 15) is 45.2 Å². The van der Waals surface area contributed by atoms with Gasteiger partial charge in [-0.25, -0.2) is 17.8 Å². The molecule has 17 heteroatoms. The molecule has 0 radical (unpaired) electrons. The summed E-state index contributed by atoms with van der Waals surface area (Å²) in [6.07, 6.45) is 0.702. The third kappa shape index (κ3) is 8.69. The lowest BCUT2D eigenvalue weighted by atomic mass is 9.82. The average Bonchev–Trinajstić information content (AvgIpc) is 4.01. The molecule has 58 heavy (non-hydrogen) atoms. The number of aromatic nitrogens is 1. The van der Waals surface area contributed by atoms with Crippen LogP contribution in [-0.4, -0.2) is 84.2 Å². The Bertz CT molecular complexity index is 2100. The van der Waals surface area contributed by atoms with Crippen molar-refractivity contribution in [3.63, 3.8) is 0 Å². The molecule has 1 saturated heterocycles. The van der Waals surface area contributed by atoms with Crippen LogP contribution in [0.15, 0.2) is 36.5 Å². The lowest BCUT2D eigenvalue weighted by molar-refractivity contribution is -0.257. The summed E-state index contributed by atoms with van der Waals surface area (Å²) in [5.74, 6) is -6.20. The number of carbonyl (C=O) groups is 4. The monoisotopic (exact) mass is 837 g/mol. The van der Waals surface area contributed by atoms with Crippen molar-refractivity contribution in [2.24, 2.45) is 29.1 Å². The third-order valence-electron chi connectivity index (χ3n) is 12.5. The number of nitrogens with one attached hydrogen (secondary N) is 1. The van der Waals surface area contributed by atoms with Crippen LogP contribution < -0.4 is 14.2 Å². The second-order valence-electron chi connectivity index (χ2n) is 17.4. The van der Waals surface area contributed by atoms with Gasteiger partial charge < -0.3 is 19.1 Å². The summed E-state index contributed by atoms with van der Waals surface area (Å²) in [6.45, 7) is 6.44. The number of esters is 1. The number of methoxy groups -OCH3 is 1. The number of halogens is 4. The predicted octanol–water partition coefficient (Wildman–Crippen LogP) is 6.60. The van der Waals surface area contributed by atoms with E-state index in [1.54, 1.807) is 19.9 Å². The molecule has 3 fully saturated rings. The van der Waals surface area contributed by atoms with Crippen molar-refractivity contribution in [2.45, 2.75) is 121 Å². The maximum Gasteiger partial charge on any atom is 0.427 e. The summed E-state index contributed by atoms with van der Waals surface area (Å²) >= 11 is 0. The van der Waals surface area contributed by atoms with Crippen molar-refractivity contribution in [2.75, 3.05) is 13.7 Å². The van der Waals surface area contributed by atoms with E-state index >= 15 is 0 Å². The van der Waals surface area contributed by atoms with E-state index in [4.69, 9.17) is 14.2 Å². The van der Waals surface area contributed by atoms with Crippen LogP contribution in [-0.2, 0) is 33.9 Å². The number of carbonyl (C=O) groups excluding carboxylic acids is 4. The molecular weight excluding hydrogens is 787 g/mol. The fourth-order valence-electron chi connectivity index (χ4n) is 8.20. The number of ether oxygens (including phenoxy) is 3. The summed E-state index contributed by atoms with van der Waals surface area (Å²) in [4.78, 5) is 62.1. The standard InChI is InChI=1S/C41H51F4N3O9S/c1-23-9-7-8-10-26-20-40(26,37(52)47-58(53,54)39(5)12-13-39)21-32(49)31-17-27(56-35-29-18-30(42)33(55-6)16-25(29)11-14-46-35)22-48(31)36(51)28(24(2)15-23)19-34(50)57-38(3,4)41(43,44)45/h8,10-11,14,16,18,23-24,26-28,31H,7,9,12-13,15,17,19-22H2,1-6H3,(H,47,52)/b10-8-/t23-,24-,26-,27-,28+,31+,40-/m1/s1. The first kappa shape index (κ1) is 43.3. The Morgan fingerprint density at radius 2 is 1.81 bits per heavy atom. The first-order chi connectivity index (χ1) is 27.0. The van der Waals surface area contributed by atoms with Gasteiger partial charge in [-0.1, -0.05) is 26.0 Å². The van der Waals surface area contributed by atoms with Gasteiger partial charge in [0.15, 0.2) is 17.3 Å². The number of allylic oxidation sites excluding steroid dienone is 2. The molecule has 4 aliphatic rings. The van der Waals surface area contributed by atoms with Crippen molar-refractivity contribution in [3.05, 3.63) is 42.4 Å². The highest BCUT2D eigenvalue weighted by Gasteiger charge is 2.63. The molecule has 1 aromatic carbocycles. The molecule has 6 rings (SSSR count). The highest BCUT2D eigenvalue weighted by molar-refractivity contribution is 7.91. The van der Waals surface area contributed by atoms with Gasteiger partial charge in [-0.2, -0.15) is 13.2 Å². The van der Waals surface area contributed by atoms with E-state index in [1.165, 1.54) is 30.3 Å². The molecule has 7 atom stereocenters. The lowest BCUT2D eigenvalue weighted by Crippen LogP contribution is -2.48. The molecule has 2 saturated carbocycles. The van der Waals surface area contributed by atoms with Gasteiger partial charge in [-0.05, 0) is 101 Å². The van der Waals surface area contributed by atoms with E-state index in [2.05, 4.69) is 9.71 Å². The first-order valence-corrected chi connectivity index (χ1v) is 21.1. The van der Waals surface area contributed by atoms with E-state index < -0.39 is 104 Å². The zero-order valence-corrected chi connectivity index (χ0v) is 34.3. The van der Waals surface area contributed by atoms with Crippen molar-refractivity contribution in [3.8, 4) is 11.6 Å². The summed E-state index contributed by atoms with van der Waals surface area (Å²) < 4.78 is 100.0. The summed E-state index contributed by atoms with van der Waals surface area (Å²) in [5, 5.41) is 0.814. The number of hydrogen-bond donors (Lipinski definition) is 1. The van der Waals surface area contributed by atoms with Gasteiger partial charge in [0.25, 0.3) is 0 Å². The van der Waals surface area contributed by atoms with Gasteiger partial charge >= 0.3 is 12.1 Å². The number of Topliss-reactive ketones (excluding diaryl/α,β-unsaturated/α-hetero) is 1. The number of hydrogen-bond acceptors (Lipinski definition) is 10. The number of fused-ring (bicyclic) bond motifs is 3. The summed E-state index contributed by atoms with van der Waals surface area (Å²) in [5.41, 5.74) is -4.26. The first-order valence-electron chi connectivity index (χ1n) is 19.6.